The molecule has 0 aliphatic carbocycles. The zero-order chi connectivity index (χ0) is 13.5. The molecule has 0 aliphatic rings. The predicted molar refractivity (Wildman–Crippen MR) is 69.0 cm³/mol. The highest BCUT2D eigenvalue weighted by atomic mass is 16.4. The van der Waals surface area contributed by atoms with Gasteiger partial charge in [0, 0.05) is 12.6 Å². The summed E-state index contributed by atoms with van der Waals surface area (Å²) in [7, 11) is 0. The molecule has 4 nitrogen and oxygen atoms in total. The minimum absolute atomic E-state index is 0.0516. The molecule has 0 fully saturated rings. The lowest BCUT2D eigenvalue weighted by Crippen LogP contribution is -2.32. The molecule has 0 saturated carbocycles. The first kappa shape index (κ1) is 13.9. The van der Waals surface area contributed by atoms with E-state index in [1.165, 1.54) is 0 Å². The highest BCUT2D eigenvalue weighted by molar-refractivity contribution is 5.69. The summed E-state index contributed by atoms with van der Waals surface area (Å²) in [6, 6.07) is 9.21. The molecule has 18 heavy (non-hydrogen) atoms. The van der Waals surface area contributed by atoms with Crippen LogP contribution < -0.4 is 0 Å². The molecule has 4 heteroatoms. The number of benzene rings is 1. The fourth-order valence-corrected chi connectivity index (χ4v) is 1.78. The summed E-state index contributed by atoms with van der Waals surface area (Å²) >= 11 is 0. The van der Waals surface area contributed by atoms with Crippen molar-refractivity contribution in [2.45, 2.75) is 13.0 Å². The largest absolute Gasteiger partial charge is 0.480 e. The number of aliphatic carboxylic acids is 1. The van der Waals surface area contributed by atoms with E-state index >= 15 is 0 Å². The Bertz CT molecular complexity index is 477. The number of nitriles is 1. The standard InChI is InChI=1S/C14H16N2O2/c1-3-7-16(10-14(17)18)11(2)13-6-4-5-12(8-13)9-15/h3-6,8,11H,1,7,10H2,2H3,(H,17,18). The maximum Gasteiger partial charge on any atom is 0.317 e. The molecule has 0 bridgehead atoms. The number of carboxylic acids is 1. The topological polar surface area (TPSA) is 64.3 Å². The Kier molecular flexibility index (Phi) is 5.09. The van der Waals surface area contributed by atoms with Crippen molar-refractivity contribution in [3.63, 3.8) is 0 Å². The summed E-state index contributed by atoms with van der Waals surface area (Å²) in [6.45, 7) is 5.99. The van der Waals surface area contributed by atoms with Gasteiger partial charge in [0.05, 0.1) is 18.2 Å². The number of nitrogens with zero attached hydrogens (tertiary/aromatic N) is 2. The number of carboxylic acid groups (broad SMARTS) is 1. The lowest BCUT2D eigenvalue weighted by molar-refractivity contribution is -0.138. The molecular formula is C14H16N2O2. The van der Waals surface area contributed by atoms with E-state index in [1.807, 2.05) is 13.0 Å². The SMILES string of the molecule is C=CCN(CC(=O)O)C(C)c1cccc(C#N)c1. The summed E-state index contributed by atoms with van der Waals surface area (Å²) in [5.74, 6) is -0.875. The summed E-state index contributed by atoms with van der Waals surface area (Å²) in [6.07, 6.45) is 1.67. The number of hydrogen-bond acceptors (Lipinski definition) is 3. The molecule has 1 aromatic rings. The van der Waals surface area contributed by atoms with E-state index in [1.54, 1.807) is 29.2 Å². The lowest BCUT2D eigenvalue weighted by Gasteiger charge is -2.26. The van der Waals surface area contributed by atoms with E-state index < -0.39 is 5.97 Å². The predicted octanol–water partition coefficient (Wildman–Crippen LogP) is 2.19. The minimum Gasteiger partial charge on any atom is -0.480 e. The first-order valence-electron chi connectivity index (χ1n) is 5.65. The van der Waals surface area contributed by atoms with E-state index in [4.69, 9.17) is 10.4 Å². The van der Waals surface area contributed by atoms with Crippen molar-refractivity contribution < 1.29 is 9.90 Å². The fraction of sp³-hybridized carbons (Fsp3) is 0.286. The van der Waals surface area contributed by atoms with Crippen LogP contribution in [0.1, 0.15) is 24.1 Å². The van der Waals surface area contributed by atoms with E-state index in [0.717, 1.165) is 5.56 Å². The van der Waals surface area contributed by atoms with Gasteiger partial charge in [-0.15, -0.1) is 6.58 Å². The summed E-state index contributed by atoms with van der Waals surface area (Å²) in [5, 5.41) is 17.7. The molecule has 0 radical (unpaired) electrons. The summed E-state index contributed by atoms with van der Waals surface area (Å²) in [4.78, 5) is 12.6. The van der Waals surface area contributed by atoms with Gasteiger partial charge >= 0.3 is 5.97 Å². The number of carbonyl (C=O) groups is 1. The molecule has 1 aromatic carbocycles. The Morgan fingerprint density at radius 1 is 1.67 bits per heavy atom. The fourth-order valence-electron chi connectivity index (χ4n) is 1.78. The van der Waals surface area contributed by atoms with Crippen LogP contribution in [0.15, 0.2) is 36.9 Å². The van der Waals surface area contributed by atoms with Gasteiger partial charge in [0.1, 0.15) is 0 Å². The van der Waals surface area contributed by atoms with Crippen LogP contribution in [0.25, 0.3) is 0 Å². The Labute approximate surface area is 107 Å². The van der Waals surface area contributed by atoms with Crippen LogP contribution in [0.3, 0.4) is 0 Å². The Balaban J connectivity index is 2.93. The van der Waals surface area contributed by atoms with Crippen LogP contribution in [0.4, 0.5) is 0 Å². The quantitative estimate of drug-likeness (QED) is 0.779. The van der Waals surface area contributed by atoms with E-state index in [0.29, 0.717) is 12.1 Å². The minimum atomic E-state index is -0.875. The van der Waals surface area contributed by atoms with Crippen LogP contribution in [0.5, 0.6) is 0 Å². The van der Waals surface area contributed by atoms with Gasteiger partial charge in [0.15, 0.2) is 0 Å². The second-order valence-electron chi connectivity index (χ2n) is 4.03. The van der Waals surface area contributed by atoms with Crippen molar-refractivity contribution >= 4 is 5.97 Å². The molecule has 0 aromatic heterocycles. The molecule has 1 atom stereocenters. The van der Waals surface area contributed by atoms with Gasteiger partial charge in [0.25, 0.3) is 0 Å². The number of hydrogen-bond donors (Lipinski definition) is 1. The van der Waals surface area contributed by atoms with Crippen LogP contribution >= 0.6 is 0 Å². The first-order valence-corrected chi connectivity index (χ1v) is 5.65. The third-order valence-electron chi connectivity index (χ3n) is 2.75. The first-order chi connectivity index (χ1) is 8.58. The molecule has 0 spiro atoms. The van der Waals surface area contributed by atoms with Crippen molar-refractivity contribution in [2.75, 3.05) is 13.1 Å². The molecular weight excluding hydrogens is 228 g/mol. The van der Waals surface area contributed by atoms with Crippen molar-refractivity contribution in [3.8, 4) is 6.07 Å². The zero-order valence-electron chi connectivity index (χ0n) is 10.3. The van der Waals surface area contributed by atoms with Crippen LogP contribution in [-0.2, 0) is 4.79 Å². The Morgan fingerprint density at radius 3 is 2.94 bits per heavy atom. The molecule has 0 amide bonds. The third kappa shape index (κ3) is 3.72. The molecule has 0 aliphatic heterocycles. The Morgan fingerprint density at radius 2 is 2.39 bits per heavy atom. The zero-order valence-corrected chi connectivity index (χ0v) is 10.3. The molecule has 0 saturated heterocycles. The normalized spacial score (nSPS) is 11.8. The highest BCUT2D eigenvalue weighted by Gasteiger charge is 2.17. The number of rotatable bonds is 6. The van der Waals surface area contributed by atoms with E-state index in [9.17, 15) is 4.79 Å². The van der Waals surface area contributed by atoms with Crippen molar-refractivity contribution in [1.82, 2.24) is 4.90 Å². The van der Waals surface area contributed by atoms with Crippen molar-refractivity contribution in [2.24, 2.45) is 0 Å². The van der Waals surface area contributed by atoms with Gasteiger partial charge in [0.2, 0.25) is 0 Å². The maximum absolute atomic E-state index is 10.8. The second kappa shape index (κ2) is 6.58. The van der Waals surface area contributed by atoms with Gasteiger partial charge < -0.3 is 5.11 Å². The molecule has 1 N–H and O–H groups in total. The summed E-state index contributed by atoms with van der Waals surface area (Å²) < 4.78 is 0. The van der Waals surface area contributed by atoms with Crippen LogP contribution in [-0.4, -0.2) is 29.1 Å². The van der Waals surface area contributed by atoms with Gasteiger partial charge in [-0.3, -0.25) is 9.69 Å². The van der Waals surface area contributed by atoms with E-state index in [2.05, 4.69) is 12.6 Å². The maximum atomic E-state index is 10.8. The van der Waals surface area contributed by atoms with Gasteiger partial charge in [-0.05, 0) is 24.6 Å². The molecule has 1 unspecified atom stereocenters. The van der Waals surface area contributed by atoms with Crippen LogP contribution in [0, 0.1) is 11.3 Å². The average Bonchev–Trinajstić information content (AvgIpc) is 2.37. The van der Waals surface area contributed by atoms with Crippen molar-refractivity contribution in [1.29, 1.82) is 5.26 Å². The van der Waals surface area contributed by atoms with Gasteiger partial charge in [-0.2, -0.15) is 5.26 Å². The average molecular weight is 244 g/mol. The third-order valence-corrected chi connectivity index (χ3v) is 2.75. The summed E-state index contributed by atoms with van der Waals surface area (Å²) in [5.41, 5.74) is 1.50. The second-order valence-corrected chi connectivity index (χ2v) is 4.03. The van der Waals surface area contributed by atoms with E-state index in [-0.39, 0.29) is 12.6 Å². The van der Waals surface area contributed by atoms with Crippen molar-refractivity contribution in [3.05, 3.63) is 48.0 Å². The van der Waals surface area contributed by atoms with Gasteiger partial charge in [-0.25, -0.2) is 0 Å². The Hall–Kier alpha value is -2.12. The molecule has 1 rings (SSSR count). The van der Waals surface area contributed by atoms with Gasteiger partial charge in [-0.1, -0.05) is 18.2 Å². The molecule has 0 heterocycles. The monoisotopic (exact) mass is 244 g/mol. The highest BCUT2D eigenvalue weighted by Crippen LogP contribution is 2.20. The molecule has 94 valence electrons. The smallest absolute Gasteiger partial charge is 0.317 e. The lowest BCUT2D eigenvalue weighted by atomic mass is 10.0. The van der Waals surface area contributed by atoms with Crippen LogP contribution in [0.2, 0.25) is 0 Å².